The maximum absolute atomic E-state index is 13.3. The lowest BCUT2D eigenvalue weighted by atomic mass is 10.2. The molecule has 1 saturated heterocycles. The van der Waals surface area contributed by atoms with Gasteiger partial charge in [0, 0.05) is 42.7 Å². The number of aliphatic hydroxyl groups is 1. The molecule has 0 spiro atoms. The summed E-state index contributed by atoms with van der Waals surface area (Å²) < 4.78 is 7.87. The number of ether oxygens (including phenoxy) is 1. The van der Waals surface area contributed by atoms with Crippen LogP contribution in [0.4, 0.5) is 16.2 Å². The number of rotatable bonds is 6. The Kier molecular flexibility index (Phi) is 6.10. The third-order valence-corrected chi connectivity index (χ3v) is 8.15. The zero-order valence-electron chi connectivity index (χ0n) is 20.7. The van der Waals surface area contributed by atoms with Crippen molar-refractivity contribution in [3.8, 4) is 0 Å². The SMILES string of the molecule is COC[C@@H]1C[C@@H](O)CN1C(=O)c1cc2nccc(Nc3ccc4c(c3)cc(C)n4C(=O)NC3CC3)c2s1. The Labute approximate surface area is 218 Å². The molecule has 6 rings (SSSR count). The summed E-state index contributed by atoms with van der Waals surface area (Å²) in [4.78, 5) is 32.8. The summed E-state index contributed by atoms with van der Waals surface area (Å²) in [5.74, 6) is -0.116. The number of hydrogen-bond donors (Lipinski definition) is 3. The van der Waals surface area contributed by atoms with Gasteiger partial charge in [0.2, 0.25) is 0 Å². The van der Waals surface area contributed by atoms with Gasteiger partial charge < -0.3 is 25.4 Å². The molecule has 3 N–H and O–H groups in total. The van der Waals surface area contributed by atoms with Gasteiger partial charge >= 0.3 is 6.03 Å². The number of likely N-dealkylation sites (tertiary alicyclic amines) is 1. The molecule has 1 aliphatic carbocycles. The van der Waals surface area contributed by atoms with E-state index in [2.05, 4.69) is 15.6 Å². The standard InChI is InChI=1S/C27H29N5O4S/c1-15-9-16-10-18(5-6-23(16)32(15)27(35)30-17-3-4-17)29-21-7-8-28-22-12-24(37-25(21)22)26(34)31-13-20(33)11-19(31)14-36-2/h5-10,12,17,19-20,33H,3-4,11,13-14H2,1-2H3,(H,28,29)(H,30,35)/t19-,20+/m0/s1. The Hall–Kier alpha value is -3.47. The maximum atomic E-state index is 13.3. The number of nitrogens with zero attached hydrogens (tertiary/aromatic N) is 3. The van der Waals surface area contributed by atoms with Gasteiger partial charge in [-0.1, -0.05) is 0 Å². The number of fused-ring (bicyclic) bond motifs is 2. The van der Waals surface area contributed by atoms with Gasteiger partial charge in [0.05, 0.1) is 45.1 Å². The highest BCUT2D eigenvalue weighted by atomic mass is 32.1. The minimum Gasteiger partial charge on any atom is -0.391 e. The fraction of sp³-hybridized carbons (Fsp3) is 0.370. The van der Waals surface area contributed by atoms with Gasteiger partial charge in [-0.15, -0.1) is 11.3 Å². The lowest BCUT2D eigenvalue weighted by Gasteiger charge is -2.23. The molecule has 9 nitrogen and oxygen atoms in total. The van der Waals surface area contributed by atoms with Crippen LogP contribution in [-0.2, 0) is 4.74 Å². The van der Waals surface area contributed by atoms with E-state index in [0.29, 0.717) is 30.5 Å². The second-order valence-corrected chi connectivity index (χ2v) is 10.9. The van der Waals surface area contributed by atoms with E-state index >= 15 is 0 Å². The van der Waals surface area contributed by atoms with Crippen LogP contribution in [0.2, 0.25) is 0 Å². The molecule has 0 bridgehead atoms. The van der Waals surface area contributed by atoms with Crippen molar-refractivity contribution in [2.75, 3.05) is 25.6 Å². The van der Waals surface area contributed by atoms with Crippen LogP contribution >= 0.6 is 11.3 Å². The van der Waals surface area contributed by atoms with Crippen molar-refractivity contribution in [3.63, 3.8) is 0 Å². The number of thiophene rings is 1. The normalized spacial score (nSPS) is 19.6. The fourth-order valence-corrected chi connectivity index (χ4v) is 6.14. The smallest absolute Gasteiger partial charge is 0.326 e. The molecular weight excluding hydrogens is 490 g/mol. The van der Waals surface area contributed by atoms with E-state index in [-0.39, 0.29) is 18.0 Å². The average Bonchev–Trinajstić information content (AvgIpc) is 3.29. The molecule has 1 aliphatic heterocycles. The molecule has 0 radical (unpaired) electrons. The molecule has 2 amide bonds. The monoisotopic (exact) mass is 519 g/mol. The fourth-order valence-electron chi connectivity index (χ4n) is 5.10. The number of nitrogens with one attached hydrogen (secondary N) is 2. The van der Waals surface area contributed by atoms with Gasteiger partial charge in [0.1, 0.15) is 0 Å². The summed E-state index contributed by atoms with van der Waals surface area (Å²) in [6.07, 6.45) is 3.79. The highest BCUT2D eigenvalue weighted by Crippen LogP contribution is 2.35. The number of carbonyl (C=O) groups is 2. The van der Waals surface area contributed by atoms with Gasteiger partial charge in [-0.2, -0.15) is 0 Å². The first-order valence-corrected chi connectivity index (χ1v) is 13.3. The zero-order valence-corrected chi connectivity index (χ0v) is 21.5. The molecule has 2 fully saturated rings. The first kappa shape index (κ1) is 23.9. The van der Waals surface area contributed by atoms with Crippen molar-refractivity contribution >= 4 is 55.8 Å². The van der Waals surface area contributed by atoms with Crippen LogP contribution in [0.25, 0.3) is 21.1 Å². The number of hydrogen-bond acceptors (Lipinski definition) is 7. The van der Waals surface area contributed by atoms with Crippen molar-refractivity contribution in [1.82, 2.24) is 19.8 Å². The van der Waals surface area contributed by atoms with Gasteiger partial charge in [-0.25, -0.2) is 4.79 Å². The van der Waals surface area contributed by atoms with Crippen molar-refractivity contribution in [2.45, 2.75) is 44.4 Å². The molecule has 1 saturated carbocycles. The van der Waals surface area contributed by atoms with E-state index in [4.69, 9.17) is 4.74 Å². The van der Waals surface area contributed by atoms with Crippen molar-refractivity contribution in [2.24, 2.45) is 0 Å². The van der Waals surface area contributed by atoms with E-state index in [1.807, 2.05) is 43.3 Å². The van der Waals surface area contributed by atoms with Crippen molar-refractivity contribution in [1.29, 1.82) is 0 Å². The Morgan fingerprint density at radius 1 is 1.22 bits per heavy atom. The third kappa shape index (κ3) is 4.56. The minimum absolute atomic E-state index is 0.0828. The molecule has 0 unspecified atom stereocenters. The quantitative estimate of drug-likeness (QED) is 0.352. The number of aryl methyl sites for hydroxylation is 1. The predicted molar refractivity (Wildman–Crippen MR) is 144 cm³/mol. The lowest BCUT2D eigenvalue weighted by molar-refractivity contribution is 0.0627. The number of carbonyl (C=O) groups excluding carboxylic acids is 2. The number of β-amino-alcohol motifs (C(OH)–C–C–N with tert-alkyl or cyclic N) is 1. The second-order valence-electron chi connectivity index (χ2n) is 9.88. The topological polar surface area (TPSA) is 109 Å². The van der Waals surface area contributed by atoms with Gasteiger partial charge in [0.15, 0.2) is 0 Å². The molecule has 192 valence electrons. The number of anilines is 2. The summed E-state index contributed by atoms with van der Waals surface area (Å²) in [6.45, 7) is 2.63. The number of aliphatic hydroxyl groups excluding tert-OH is 1. The number of aromatic nitrogens is 2. The molecule has 2 atom stereocenters. The molecule has 2 aliphatic rings. The maximum Gasteiger partial charge on any atom is 0.326 e. The Morgan fingerprint density at radius 3 is 2.84 bits per heavy atom. The second kappa shape index (κ2) is 9.44. The van der Waals surface area contributed by atoms with E-state index in [1.54, 1.807) is 22.8 Å². The largest absolute Gasteiger partial charge is 0.391 e. The van der Waals surface area contributed by atoms with Crippen LogP contribution in [-0.4, -0.2) is 69.9 Å². The predicted octanol–water partition coefficient (Wildman–Crippen LogP) is 4.24. The van der Waals surface area contributed by atoms with Crippen LogP contribution in [0.15, 0.2) is 42.6 Å². The van der Waals surface area contributed by atoms with Crippen LogP contribution < -0.4 is 10.6 Å². The Morgan fingerprint density at radius 2 is 2.05 bits per heavy atom. The summed E-state index contributed by atoms with van der Waals surface area (Å²) >= 11 is 1.39. The van der Waals surface area contributed by atoms with E-state index < -0.39 is 6.10 Å². The van der Waals surface area contributed by atoms with E-state index in [1.165, 1.54) is 11.3 Å². The first-order valence-electron chi connectivity index (χ1n) is 12.5. The number of methoxy groups -OCH3 is 1. The molecule has 4 heterocycles. The average molecular weight is 520 g/mol. The number of amides is 2. The van der Waals surface area contributed by atoms with Crippen LogP contribution in [0.1, 0.15) is 34.6 Å². The van der Waals surface area contributed by atoms with Crippen molar-refractivity contribution < 1.29 is 19.4 Å². The zero-order chi connectivity index (χ0) is 25.7. The van der Waals surface area contributed by atoms with Crippen LogP contribution in [0.5, 0.6) is 0 Å². The number of benzene rings is 1. The highest BCUT2D eigenvalue weighted by Gasteiger charge is 2.35. The minimum atomic E-state index is -0.540. The summed E-state index contributed by atoms with van der Waals surface area (Å²) in [5, 5.41) is 17.6. The van der Waals surface area contributed by atoms with E-state index in [9.17, 15) is 14.7 Å². The van der Waals surface area contributed by atoms with Crippen LogP contribution in [0, 0.1) is 6.92 Å². The highest BCUT2D eigenvalue weighted by molar-refractivity contribution is 7.21. The van der Waals surface area contributed by atoms with Crippen molar-refractivity contribution in [3.05, 3.63) is 53.2 Å². The lowest BCUT2D eigenvalue weighted by Crippen LogP contribution is -2.38. The summed E-state index contributed by atoms with van der Waals surface area (Å²) in [7, 11) is 1.60. The third-order valence-electron chi connectivity index (χ3n) is 7.01. The molecule has 1 aromatic carbocycles. The Bertz CT molecular complexity index is 1510. The number of pyridine rings is 1. The summed E-state index contributed by atoms with van der Waals surface area (Å²) in [6, 6.07) is 11.7. The molecule has 3 aromatic heterocycles. The molecular formula is C27H29N5O4S. The van der Waals surface area contributed by atoms with E-state index in [0.717, 1.165) is 51.0 Å². The summed E-state index contributed by atoms with van der Waals surface area (Å²) in [5.41, 5.74) is 4.22. The molecule has 4 aromatic rings. The first-order chi connectivity index (χ1) is 17.9. The Balaban J connectivity index is 1.27. The van der Waals surface area contributed by atoms with Gasteiger partial charge in [-0.05, 0) is 62.6 Å². The van der Waals surface area contributed by atoms with Crippen LogP contribution in [0.3, 0.4) is 0 Å². The molecule has 37 heavy (non-hydrogen) atoms. The molecule has 10 heteroatoms. The van der Waals surface area contributed by atoms with Gasteiger partial charge in [-0.3, -0.25) is 14.3 Å². The van der Waals surface area contributed by atoms with Gasteiger partial charge in [0.25, 0.3) is 5.91 Å².